The van der Waals surface area contributed by atoms with E-state index in [9.17, 15) is 0 Å². The first kappa shape index (κ1) is 13.1. The summed E-state index contributed by atoms with van der Waals surface area (Å²) in [6.45, 7) is 3.77. The Morgan fingerprint density at radius 3 is 2.90 bits per heavy atom. The van der Waals surface area contributed by atoms with E-state index in [1.54, 1.807) is 12.4 Å². The lowest BCUT2D eigenvalue weighted by Crippen LogP contribution is -2.18. The van der Waals surface area contributed by atoms with E-state index in [4.69, 9.17) is 4.74 Å². The molecule has 1 N–H and O–H groups in total. The second kappa shape index (κ2) is 6.06. The smallest absolute Gasteiger partial charge is 0.120 e. The molecule has 20 heavy (non-hydrogen) atoms. The summed E-state index contributed by atoms with van der Waals surface area (Å²) in [4.78, 5) is 4.01. The largest absolute Gasteiger partial charge is 0.489 e. The van der Waals surface area contributed by atoms with Gasteiger partial charge in [0, 0.05) is 18.4 Å². The highest BCUT2D eigenvalue weighted by molar-refractivity contribution is 5.40. The molecule has 0 bridgehead atoms. The Morgan fingerprint density at radius 1 is 1.25 bits per heavy atom. The predicted octanol–water partition coefficient (Wildman–Crippen LogP) is 3.26. The summed E-state index contributed by atoms with van der Waals surface area (Å²) < 4.78 is 5.86. The summed E-state index contributed by atoms with van der Waals surface area (Å²) in [6.07, 6.45) is 5.92. The molecule has 1 aliphatic carbocycles. The summed E-state index contributed by atoms with van der Waals surface area (Å²) in [6, 6.07) is 11.0. The van der Waals surface area contributed by atoms with E-state index in [0.29, 0.717) is 12.6 Å². The van der Waals surface area contributed by atoms with Crippen LogP contribution >= 0.6 is 0 Å². The third-order valence-corrected chi connectivity index (χ3v) is 3.80. The fourth-order valence-corrected chi connectivity index (χ4v) is 2.79. The van der Waals surface area contributed by atoms with Gasteiger partial charge in [0.1, 0.15) is 12.4 Å². The Labute approximate surface area is 120 Å². The molecule has 0 aliphatic heterocycles. The quantitative estimate of drug-likeness (QED) is 0.903. The minimum absolute atomic E-state index is 0.518. The molecule has 0 fully saturated rings. The first-order valence-corrected chi connectivity index (χ1v) is 7.24. The lowest BCUT2D eigenvalue weighted by molar-refractivity contribution is 0.306. The van der Waals surface area contributed by atoms with Gasteiger partial charge in [-0.25, -0.2) is 0 Å². The zero-order valence-corrected chi connectivity index (χ0v) is 11.8. The molecule has 1 aromatic heterocycles. The molecule has 0 radical (unpaired) electrons. The summed E-state index contributed by atoms with van der Waals surface area (Å²) in [5, 5.41) is 3.53. The molecule has 1 unspecified atom stereocenters. The molecular formula is C17H20N2O. The standard InChI is InChI=1S/C17H20N2O/c1-2-19-17-6-3-14-11-15(4-5-16(14)17)20-12-13-7-9-18-10-8-13/h4-5,7-11,17,19H,2-3,6,12H2,1H3. The summed E-state index contributed by atoms with van der Waals surface area (Å²) in [5.74, 6) is 0.956. The van der Waals surface area contributed by atoms with E-state index in [-0.39, 0.29) is 0 Å². The molecule has 104 valence electrons. The van der Waals surface area contributed by atoms with Gasteiger partial charge in [-0.1, -0.05) is 13.0 Å². The van der Waals surface area contributed by atoms with Gasteiger partial charge in [0.05, 0.1) is 0 Å². The van der Waals surface area contributed by atoms with Crippen LogP contribution in [0.25, 0.3) is 0 Å². The molecule has 0 spiro atoms. The van der Waals surface area contributed by atoms with Crippen LogP contribution in [-0.2, 0) is 13.0 Å². The highest BCUT2D eigenvalue weighted by Gasteiger charge is 2.21. The zero-order valence-electron chi connectivity index (χ0n) is 11.8. The van der Waals surface area contributed by atoms with Gasteiger partial charge in [0.25, 0.3) is 0 Å². The number of hydrogen-bond donors (Lipinski definition) is 1. The lowest BCUT2D eigenvalue weighted by Gasteiger charge is -2.13. The first-order chi connectivity index (χ1) is 9.86. The first-order valence-electron chi connectivity index (χ1n) is 7.24. The minimum atomic E-state index is 0.518. The van der Waals surface area contributed by atoms with Gasteiger partial charge in [-0.2, -0.15) is 0 Å². The van der Waals surface area contributed by atoms with Gasteiger partial charge >= 0.3 is 0 Å². The SMILES string of the molecule is CCNC1CCc2cc(OCc3ccncc3)ccc21. The van der Waals surface area contributed by atoms with E-state index in [2.05, 4.69) is 35.4 Å². The van der Waals surface area contributed by atoms with E-state index in [0.717, 1.165) is 24.3 Å². The third-order valence-electron chi connectivity index (χ3n) is 3.80. The van der Waals surface area contributed by atoms with E-state index >= 15 is 0 Å². The molecule has 0 saturated heterocycles. The molecule has 3 rings (SSSR count). The Balaban J connectivity index is 1.68. The highest BCUT2D eigenvalue weighted by atomic mass is 16.5. The van der Waals surface area contributed by atoms with Crippen LogP contribution < -0.4 is 10.1 Å². The summed E-state index contributed by atoms with van der Waals surface area (Å²) >= 11 is 0. The number of benzene rings is 1. The van der Waals surface area contributed by atoms with Crippen LogP contribution in [0.4, 0.5) is 0 Å². The number of rotatable bonds is 5. The van der Waals surface area contributed by atoms with Crippen molar-refractivity contribution in [3.05, 3.63) is 59.4 Å². The van der Waals surface area contributed by atoms with Crippen molar-refractivity contribution in [1.29, 1.82) is 0 Å². The Hall–Kier alpha value is -1.87. The monoisotopic (exact) mass is 268 g/mol. The number of ether oxygens (including phenoxy) is 1. The number of pyridine rings is 1. The van der Waals surface area contributed by atoms with Crippen LogP contribution in [0.2, 0.25) is 0 Å². The molecule has 3 nitrogen and oxygen atoms in total. The van der Waals surface area contributed by atoms with Crippen LogP contribution in [0.15, 0.2) is 42.7 Å². The molecule has 1 heterocycles. The van der Waals surface area contributed by atoms with Crippen LogP contribution in [-0.4, -0.2) is 11.5 Å². The Bertz CT molecular complexity index is 568. The van der Waals surface area contributed by atoms with Crippen molar-refractivity contribution in [2.24, 2.45) is 0 Å². The van der Waals surface area contributed by atoms with Gasteiger partial charge in [-0.3, -0.25) is 4.98 Å². The van der Waals surface area contributed by atoms with Crippen molar-refractivity contribution >= 4 is 0 Å². The molecular weight excluding hydrogens is 248 g/mol. The fraction of sp³-hybridized carbons (Fsp3) is 0.353. The van der Waals surface area contributed by atoms with E-state index < -0.39 is 0 Å². The summed E-state index contributed by atoms with van der Waals surface area (Å²) in [5.41, 5.74) is 4.00. The Morgan fingerprint density at radius 2 is 2.10 bits per heavy atom. The minimum Gasteiger partial charge on any atom is -0.489 e. The predicted molar refractivity (Wildman–Crippen MR) is 79.7 cm³/mol. The highest BCUT2D eigenvalue weighted by Crippen LogP contribution is 2.33. The number of aryl methyl sites for hydroxylation is 1. The van der Waals surface area contributed by atoms with E-state index in [1.807, 2.05) is 12.1 Å². The maximum Gasteiger partial charge on any atom is 0.120 e. The van der Waals surface area contributed by atoms with E-state index in [1.165, 1.54) is 17.5 Å². The van der Waals surface area contributed by atoms with Crippen molar-refractivity contribution in [1.82, 2.24) is 10.3 Å². The number of hydrogen-bond acceptors (Lipinski definition) is 3. The van der Waals surface area contributed by atoms with Crippen molar-refractivity contribution < 1.29 is 4.74 Å². The van der Waals surface area contributed by atoms with Crippen LogP contribution in [0.3, 0.4) is 0 Å². The molecule has 1 aromatic carbocycles. The second-order valence-corrected chi connectivity index (χ2v) is 5.15. The third kappa shape index (κ3) is 2.83. The van der Waals surface area contributed by atoms with Gasteiger partial charge in [-0.05, 0) is 60.3 Å². The number of aromatic nitrogens is 1. The zero-order chi connectivity index (χ0) is 13.8. The van der Waals surface area contributed by atoms with Crippen molar-refractivity contribution in [3.63, 3.8) is 0 Å². The average Bonchev–Trinajstić information content (AvgIpc) is 2.89. The van der Waals surface area contributed by atoms with Gasteiger partial charge < -0.3 is 10.1 Å². The number of nitrogens with one attached hydrogen (secondary N) is 1. The molecule has 1 aliphatic rings. The molecule has 0 saturated carbocycles. The molecule has 1 atom stereocenters. The number of fused-ring (bicyclic) bond motifs is 1. The van der Waals surface area contributed by atoms with Crippen molar-refractivity contribution in [2.45, 2.75) is 32.4 Å². The second-order valence-electron chi connectivity index (χ2n) is 5.15. The average molecular weight is 268 g/mol. The van der Waals surface area contributed by atoms with Gasteiger partial charge in [0.15, 0.2) is 0 Å². The maximum atomic E-state index is 5.86. The van der Waals surface area contributed by atoms with Crippen molar-refractivity contribution in [3.8, 4) is 5.75 Å². The maximum absolute atomic E-state index is 5.86. The van der Waals surface area contributed by atoms with Crippen molar-refractivity contribution in [2.75, 3.05) is 6.54 Å². The summed E-state index contributed by atoms with van der Waals surface area (Å²) in [7, 11) is 0. The van der Waals surface area contributed by atoms with Gasteiger partial charge in [0.2, 0.25) is 0 Å². The van der Waals surface area contributed by atoms with Gasteiger partial charge in [-0.15, -0.1) is 0 Å². The van der Waals surface area contributed by atoms with Crippen LogP contribution in [0.1, 0.15) is 36.1 Å². The van der Waals surface area contributed by atoms with Crippen LogP contribution in [0.5, 0.6) is 5.75 Å². The Kier molecular flexibility index (Phi) is 3.97. The molecule has 2 aromatic rings. The fourth-order valence-electron chi connectivity index (χ4n) is 2.79. The molecule has 0 amide bonds. The van der Waals surface area contributed by atoms with Crippen LogP contribution in [0, 0.1) is 0 Å². The number of nitrogens with zero attached hydrogens (tertiary/aromatic N) is 1. The lowest BCUT2D eigenvalue weighted by atomic mass is 10.1. The topological polar surface area (TPSA) is 34.1 Å². The normalized spacial score (nSPS) is 16.9. The molecule has 3 heteroatoms.